The number of methoxy groups -OCH3 is 1. The standard InChI is InChI=1S/C17H29N3O2.HI/c1-4-6-11-19-17(18-5-2)20-15-9-7-10-16(14-15)22-13-8-12-21-3;/h7,9-10,14H,4-6,8,11-13H2,1-3H3,(H2,18,19,20);1H. The van der Waals surface area contributed by atoms with Crippen LogP contribution in [0.2, 0.25) is 0 Å². The van der Waals surface area contributed by atoms with Crippen LogP contribution in [0.5, 0.6) is 5.75 Å². The van der Waals surface area contributed by atoms with E-state index in [1.54, 1.807) is 7.11 Å². The fourth-order valence-corrected chi connectivity index (χ4v) is 1.85. The summed E-state index contributed by atoms with van der Waals surface area (Å²) < 4.78 is 10.7. The molecule has 0 unspecified atom stereocenters. The second-order valence-electron chi connectivity index (χ2n) is 4.96. The van der Waals surface area contributed by atoms with Gasteiger partial charge < -0.3 is 20.1 Å². The van der Waals surface area contributed by atoms with E-state index in [0.29, 0.717) is 13.2 Å². The number of anilines is 1. The molecule has 2 N–H and O–H groups in total. The quantitative estimate of drug-likeness (QED) is 0.253. The number of nitrogens with one attached hydrogen (secondary N) is 2. The van der Waals surface area contributed by atoms with Gasteiger partial charge in [-0.05, 0) is 25.5 Å². The number of hydrogen-bond donors (Lipinski definition) is 2. The third-order valence-electron chi connectivity index (χ3n) is 2.98. The molecule has 0 bridgehead atoms. The molecule has 0 fully saturated rings. The molecule has 0 saturated carbocycles. The Bertz CT molecular complexity index is 442. The fourth-order valence-electron chi connectivity index (χ4n) is 1.85. The van der Waals surface area contributed by atoms with Crippen molar-refractivity contribution in [1.82, 2.24) is 5.32 Å². The molecule has 132 valence electrons. The van der Waals surface area contributed by atoms with Crippen LogP contribution in [-0.2, 0) is 4.74 Å². The predicted octanol–water partition coefficient (Wildman–Crippen LogP) is 3.90. The zero-order chi connectivity index (χ0) is 16.0. The van der Waals surface area contributed by atoms with Crippen molar-refractivity contribution >= 4 is 35.6 Å². The van der Waals surface area contributed by atoms with Gasteiger partial charge in [-0.1, -0.05) is 19.4 Å². The van der Waals surface area contributed by atoms with E-state index in [1.807, 2.05) is 24.3 Å². The van der Waals surface area contributed by atoms with E-state index in [-0.39, 0.29) is 24.0 Å². The number of ether oxygens (including phenoxy) is 2. The van der Waals surface area contributed by atoms with Crippen molar-refractivity contribution in [2.45, 2.75) is 33.1 Å². The summed E-state index contributed by atoms with van der Waals surface area (Å²) in [5, 5.41) is 6.57. The van der Waals surface area contributed by atoms with Crippen molar-refractivity contribution in [3.63, 3.8) is 0 Å². The Morgan fingerprint density at radius 1 is 1.17 bits per heavy atom. The first-order valence-corrected chi connectivity index (χ1v) is 8.07. The minimum atomic E-state index is 0. The van der Waals surface area contributed by atoms with Crippen molar-refractivity contribution in [2.75, 3.05) is 38.7 Å². The topological polar surface area (TPSA) is 54.9 Å². The van der Waals surface area contributed by atoms with Crippen LogP contribution in [0.1, 0.15) is 33.1 Å². The number of rotatable bonds is 10. The minimum absolute atomic E-state index is 0. The van der Waals surface area contributed by atoms with Crippen LogP contribution in [0.4, 0.5) is 5.69 Å². The zero-order valence-corrected chi connectivity index (χ0v) is 16.8. The fraction of sp³-hybridized carbons (Fsp3) is 0.588. The molecular formula is C17H30IN3O2. The minimum Gasteiger partial charge on any atom is -0.493 e. The molecule has 23 heavy (non-hydrogen) atoms. The lowest BCUT2D eigenvalue weighted by atomic mass is 10.3. The molecule has 0 aromatic heterocycles. The van der Waals surface area contributed by atoms with Gasteiger partial charge in [-0.15, -0.1) is 24.0 Å². The van der Waals surface area contributed by atoms with E-state index in [4.69, 9.17) is 9.47 Å². The van der Waals surface area contributed by atoms with Crippen molar-refractivity contribution in [3.8, 4) is 5.75 Å². The van der Waals surface area contributed by atoms with Gasteiger partial charge in [0.15, 0.2) is 5.96 Å². The third kappa shape index (κ3) is 10.4. The van der Waals surface area contributed by atoms with Gasteiger partial charge in [-0.25, -0.2) is 0 Å². The maximum Gasteiger partial charge on any atom is 0.195 e. The Kier molecular flexibility index (Phi) is 13.9. The molecule has 0 aliphatic heterocycles. The van der Waals surface area contributed by atoms with Gasteiger partial charge >= 0.3 is 0 Å². The molecule has 0 atom stereocenters. The summed E-state index contributed by atoms with van der Waals surface area (Å²) in [6.07, 6.45) is 3.13. The summed E-state index contributed by atoms with van der Waals surface area (Å²) in [6.45, 7) is 7.27. The summed E-state index contributed by atoms with van der Waals surface area (Å²) in [6, 6.07) is 7.93. The van der Waals surface area contributed by atoms with Crippen LogP contribution in [0.3, 0.4) is 0 Å². The summed E-state index contributed by atoms with van der Waals surface area (Å²) in [7, 11) is 1.70. The first-order valence-electron chi connectivity index (χ1n) is 8.07. The highest BCUT2D eigenvalue weighted by molar-refractivity contribution is 14.0. The number of hydrogen-bond acceptors (Lipinski definition) is 3. The van der Waals surface area contributed by atoms with E-state index in [1.165, 1.54) is 0 Å². The number of unbranched alkanes of at least 4 members (excludes halogenated alkanes) is 1. The molecule has 0 heterocycles. The van der Waals surface area contributed by atoms with Crippen LogP contribution in [-0.4, -0.2) is 39.4 Å². The Morgan fingerprint density at radius 3 is 2.70 bits per heavy atom. The maximum atomic E-state index is 5.71. The summed E-state index contributed by atoms with van der Waals surface area (Å²) in [4.78, 5) is 4.55. The number of nitrogens with zero attached hydrogens (tertiary/aromatic N) is 1. The monoisotopic (exact) mass is 435 g/mol. The van der Waals surface area contributed by atoms with Gasteiger partial charge in [0.1, 0.15) is 5.75 Å². The Hall–Kier alpha value is -1.02. The van der Waals surface area contributed by atoms with Crippen molar-refractivity contribution in [3.05, 3.63) is 24.3 Å². The molecule has 1 rings (SSSR count). The second kappa shape index (κ2) is 14.6. The maximum absolute atomic E-state index is 5.71. The van der Waals surface area contributed by atoms with E-state index in [2.05, 4.69) is 29.5 Å². The van der Waals surface area contributed by atoms with Crippen LogP contribution in [0.15, 0.2) is 29.3 Å². The molecule has 0 saturated heterocycles. The van der Waals surface area contributed by atoms with Crippen LogP contribution in [0, 0.1) is 0 Å². The van der Waals surface area contributed by atoms with Crippen LogP contribution in [0.25, 0.3) is 0 Å². The highest BCUT2D eigenvalue weighted by atomic mass is 127. The average molecular weight is 435 g/mol. The lowest BCUT2D eigenvalue weighted by molar-refractivity contribution is 0.172. The molecule has 0 amide bonds. The van der Waals surface area contributed by atoms with Gasteiger partial charge in [-0.3, -0.25) is 4.99 Å². The molecular weight excluding hydrogens is 405 g/mol. The van der Waals surface area contributed by atoms with Crippen LogP contribution >= 0.6 is 24.0 Å². The number of guanidine groups is 1. The first-order chi connectivity index (χ1) is 10.8. The normalized spacial score (nSPS) is 10.8. The van der Waals surface area contributed by atoms with Gasteiger partial charge in [0.05, 0.1) is 6.61 Å². The lowest BCUT2D eigenvalue weighted by Crippen LogP contribution is -2.30. The largest absolute Gasteiger partial charge is 0.493 e. The Morgan fingerprint density at radius 2 is 2.00 bits per heavy atom. The van der Waals surface area contributed by atoms with Gasteiger partial charge in [0.25, 0.3) is 0 Å². The van der Waals surface area contributed by atoms with Gasteiger partial charge in [-0.2, -0.15) is 0 Å². The predicted molar refractivity (Wildman–Crippen MR) is 108 cm³/mol. The summed E-state index contributed by atoms with van der Waals surface area (Å²) in [5.41, 5.74) is 0.973. The van der Waals surface area contributed by atoms with Crippen molar-refractivity contribution in [1.29, 1.82) is 0 Å². The molecule has 1 aromatic rings. The third-order valence-corrected chi connectivity index (χ3v) is 2.98. The molecule has 1 aromatic carbocycles. The Labute approximate surface area is 157 Å². The van der Waals surface area contributed by atoms with E-state index < -0.39 is 0 Å². The summed E-state index contributed by atoms with van der Waals surface area (Å²) in [5.74, 6) is 1.66. The molecule has 0 radical (unpaired) electrons. The van der Waals surface area contributed by atoms with E-state index in [0.717, 1.165) is 49.7 Å². The average Bonchev–Trinajstić information content (AvgIpc) is 2.52. The lowest BCUT2D eigenvalue weighted by Gasteiger charge is -2.12. The SMILES string of the molecule is CCCCN=C(NCC)Nc1cccc(OCCCOC)c1.I. The van der Waals surface area contributed by atoms with Gasteiger partial charge in [0, 0.05) is 45.0 Å². The van der Waals surface area contributed by atoms with E-state index >= 15 is 0 Å². The molecule has 0 spiro atoms. The first kappa shape index (κ1) is 22.0. The van der Waals surface area contributed by atoms with Crippen molar-refractivity contribution < 1.29 is 9.47 Å². The highest BCUT2D eigenvalue weighted by Gasteiger charge is 2.01. The molecule has 0 aliphatic carbocycles. The second-order valence-corrected chi connectivity index (χ2v) is 4.96. The Balaban J connectivity index is 0.00000484. The van der Waals surface area contributed by atoms with Crippen molar-refractivity contribution in [2.24, 2.45) is 4.99 Å². The number of benzene rings is 1. The highest BCUT2D eigenvalue weighted by Crippen LogP contribution is 2.17. The smallest absolute Gasteiger partial charge is 0.195 e. The molecule has 5 nitrogen and oxygen atoms in total. The van der Waals surface area contributed by atoms with E-state index in [9.17, 15) is 0 Å². The molecule has 6 heteroatoms. The summed E-state index contributed by atoms with van der Waals surface area (Å²) >= 11 is 0. The number of aliphatic imine (C=N–C) groups is 1. The molecule has 0 aliphatic rings. The zero-order valence-electron chi connectivity index (χ0n) is 14.4. The van der Waals surface area contributed by atoms with Crippen LogP contribution < -0.4 is 15.4 Å². The number of halogens is 1. The van der Waals surface area contributed by atoms with Gasteiger partial charge in [0.2, 0.25) is 0 Å².